The van der Waals surface area contributed by atoms with Gasteiger partial charge >= 0.3 is 0 Å². The van der Waals surface area contributed by atoms with Crippen LogP contribution in [-0.2, 0) is 0 Å². The van der Waals surface area contributed by atoms with Gasteiger partial charge in [-0.2, -0.15) is 0 Å². The zero-order valence-electron chi connectivity index (χ0n) is 8.05. The number of nitrogens with zero attached hydrogens (tertiary/aromatic N) is 1. The molecule has 68 valence electrons. The number of hydrogen-bond acceptors (Lipinski definition) is 3. The maximum atomic E-state index is 5.21. The maximum Gasteiger partial charge on any atom is 0.0728 e. The first-order valence-electron chi connectivity index (χ1n) is 4.01. The lowest BCUT2D eigenvalue weighted by atomic mass is 10.1. The molecule has 0 bridgehead atoms. The number of thioether (sulfide) groups is 1. The van der Waals surface area contributed by atoms with E-state index in [0.29, 0.717) is 0 Å². The van der Waals surface area contributed by atoms with Crippen LogP contribution in [0.4, 0.5) is 0 Å². The molecule has 1 rings (SSSR count). The Bertz CT molecular complexity index is 229. The highest BCUT2D eigenvalue weighted by atomic mass is 32.2. The number of hydrogen-bond donors (Lipinski definition) is 0. The van der Waals surface area contributed by atoms with E-state index in [1.807, 2.05) is 0 Å². The number of allylic oxidation sites excluding steroid dienone is 1. The van der Waals surface area contributed by atoms with Crippen molar-refractivity contribution in [2.75, 3.05) is 14.1 Å². The molecule has 0 spiro atoms. The Morgan fingerprint density at radius 2 is 2.08 bits per heavy atom. The van der Waals surface area contributed by atoms with Gasteiger partial charge in [-0.15, -0.1) is 11.8 Å². The molecule has 0 radical (unpaired) electrons. The van der Waals surface area contributed by atoms with Crippen molar-refractivity contribution in [2.45, 2.75) is 25.0 Å². The summed E-state index contributed by atoms with van der Waals surface area (Å²) in [5.41, 5.74) is 1.34. The molecule has 1 aliphatic heterocycles. The molecule has 0 aliphatic carbocycles. The molecule has 0 aromatic carbocycles. The van der Waals surface area contributed by atoms with Crippen molar-refractivity contribution in [2.24, 2.45) is 0 Å². The molecule has 0 saturated heterocycles. The molecule has 0 amide bonds. The van der Waals surface area contributed by atoms with Gasteiger partial charge in [0, 0.05) is 31.0 Å². The van der Waals surface area contributed by atoms with Crippen molar-refractivity contribution >= 4 is 28.2 Å². The van der Waals surface area contributed by atoms with Crippen LogP contribution in [0.1, 0.15) is 20.3 Å². The zero-order valence-corrected chi connectivity index (χ0v) is 9.68. The summed E-state index contributed by atoms with van der Waals surface area (Å²) in [5, 5.41) is 0. The smallest absolute Gasteiger partial charge is 0.0728 e. The Morgan fingerprint density at radius 1 is 1.50 bits per heavy atom. The van der Waals surface area contributed by atoms with Gasteiger partial charge in [-0.3, -0.25) is 0 Å². The fraction of sp³-hybridized carbons (Fsp3) is 0.667. The van der Waals surface area contributed by atoms with E-state index in [4.69, 9.17) is 12.2 Å². The van der Waals surface area contributed by atoms with E-state index in [2.05, 4.69) is 38.9 Å². The van der Waals surface area contributed by atoms with E-state index in [1.165, 1.54) is 5.70 Å². The Balaban J connectivity index is 2.84. The minimum atomic E-state index is 0.269. The van der Waals surface area contributed by atoms with E-state index in [1.54, 1.807) is 11.8 Å². The van der Waals surface area contributed by atoms with Crippen molar-refractivity contribution in [3.05, 3.63) is 11.8 Å². The molecule has 0 atom stereocenters. The van der Waals surface area contributed by atoms with Crippen LogP contribution in [0.15, 0.2) is 11.8 Å². The Kier molecular flexibility index (Phi) is 2.84. The molecule has 0 fully saturated rings. The second-order valence-electron chi connectivity index (χ2n) is 3.89. The summed E-state index contributed by atoms with van der Waals surface area (Å²) >= 11 is 7.00. The fourth-order valence-electron chi connectivity index (χ4n) is 1.25. The van der Waals surface area contributed by atoms with Crippen molar-refractivity contribution in [3.63, 3.8) is 0 Å². The highest BCUT2D eigenvalue weighted by Crippen LogP contribution is 2.37. The SMILES string of the molecule is CN(C)C1=CC(=S)SC(C)(C)C1. The topological polar surface area (TPSA) is 3.24 Å². The average molecular weight is 201 g/mol. The number of thiocarbonyl (C=S) groups is 1. The second-order valence-corrected chi connectivity index (χ2v) is 6.34. The molecule has 1 aliphatic rings. The first-order chi connectivity index (χ1) is 5.41. The molecule has 0 N–H and O–H groups in total. The second kappa shape index (κ2) is 3.38. The third-order valence-corrected chi connectivity index (χ3v) is 3.23. The van der Waals surface area contributed by atoms with Crippen molar-refractivity contribution in [1.29, 1.82) is 0 Å². The predicted molar refractivity (Wildman–Crippen MR) is 60.7 cm³/mol. The molecule has 0 aromatic rings. The summed E-state index contributed by atoms with van der Waals surface area (Å²) in [4.78, 5) is 2.15. The predicted octanol–water partition coefficient (Wildman–Crippen LogP) is 2.67. The van der Waals surface area contributed by atoms with Crippen LogP contribution in [0, 0.1) is 0 Å². The first kappa shape index (κ1) is 10.1. The molecule has 1 heterocycles. The van der Waals surface area contributed by atoms with Crippen LogP contribution in [-0.4, -0.2) is 27.9 Å². The lowest BCUT2D eigenvalue weighted by molar-refractivity contribution is 0.465. The maximum absolute atomic E-state index is 5.21. The average Bonchev–Trinajstić information content (AvgIpc) is 1.82. The summed E-state index contributed by atoms with van der Waals surface area (Å²) in [7, 11) is 4.14. The van der Waals surface area contributed by atoms with Crippen molar-refractivity contribution in [3.8, 4) is 0 Å². The number of rotatable bonds is 1. The van der Waals surface area contributed by atoms with Crippen LogP contribution < -0.4 is 0 Å². The van der Waals surface area contributed by atoms with E-state index in [0.717, 1.165) is 10.6 Å². The van der Waals surface area contributed by atoms with Crippen LogP contribution in [0.25, 0.3) is 0 Å². The van der Waals surface area contributed by atoms with E-state index in [9.17, 15) is 0 Å². The van der Waals surface area contributed by atoms with Gasteiger partial charge in [-0.05, 0) is 19.9 Å². The van der Waals surface area contributed by atoms with Crippen molar-refractivity contribution in [1.82, 2.24) is 4.90 Å². The molecule has 0 aromatic heterocycles. The Labute approximate surface area is 84.2 Å². The summed E-state index contributed by atoms with van der Waals surface area (Å²) in [6.07, 6.45) is 3.20. The van der Waals surface area contributed by atoms with Crippen molar-refractivity contribution < 1.29 is 0 Å². The third-order valence-electron chi connectivity index (χ3n) is 1.84. The molecule has 0 unspecified atom stereocenters. The standard InChI is InChI=1S/C9H15NS2/c1-9(2)6-7(10(3)4)5-8(11)12-9/h5H,6H2,1-4H3. The van der Waals surface area contributed by atoms with Gasteiger partial charge in [0.1, 0.15) is 0 Å². The van der Waals surface area contributed by atoms with Crippen LogP contribution in [0.2, 0.25) is 0 Å². The lowest BCUT2D eigenvalue weighted by Crippen LogP contribution is -2.27. The highest BCUT2D eigenvalue weighted by Gasteiger charge is 2.26. The van der Waals surface area contributed by atoms with Gasteiger partial charge in [0.2, 0.25) is 0 Å². The lowest BCUT2D eigenvalue weighted by Gasteiger charge is -2.32. The van der Waals surface area contributed by atoms with Gasteiger partial charge in [0.05, 0.1) is 4.20 Å². The monoisotopic (exact) mass is 201 g/mol. The molecule has 12 heavy (non-hydrogen) atoms. The summed E-state index contributed by atoms with van der Waals surface area (Å²) < 4.78 is 1.28. The molecule has 3 heteroatoms. The summed E-state index contributed by atoms with van der Waals surface area (Å²) in [5.74, 6) is 0. The minimum Gasteiger partial charge on any atom is -0.381 e. The Hall–Kier alpha value is -0.0200. The van der Waals surface area contributed by atoms with E-state index >= 15 is 0 Å². The molecular weight excluding hydrogens is 186 g/mol. The summed E-state index contributed by atoms with van der Waals surface area (Å²) in [6.45, 7) is 4.47. The largest absolute Gasteiger partial charge is 0.381 e. The van der Waals surface area contributed by atoms with Crippen LogP contribution in [0.3, 0.4) is 0 Å². The zero-order chi connectivity index (χ0) is 9.35. The van der Waals surface area contributed by atoms with Crippen LogP contribution >= 0.6 is 24.0 Å². The quantitative estimate of drug-likeness (QED) is 0.601. The summed E-state index contributed by atoms with van der Waals surface area (Å²) in [6, 6.07) is 0. The first-order valence-corrected chi connectivity index (χ1v) is 5.24. The molecule has 1 nitrogen and oxygen atoms in total. The normalized spacial score (nSPS) is 22.0. The van der Waals surface area contributed by atoms with Gasteiger partial charge in [0.15, 0.2) is 0 Å². The van der Waals surface area contributed by atoms with E-state index < -0.39 is 0 Å². The van der Waals surface area contributed by atoms with Gasteiger partial charge in [0.25, 0.3) is 0 Å². The minimum absolute atomic E-state index is 0.269. The van der Waals surface area contributed by atoms with Gasteiger partial charge < -0.3 is 4.90 Å². The Morgan fingerprint density at radius 3 is 2.50 bits per heavy atom. The third kappa shape index (κ3) is 2.49. The highest BCUT2D eigenvalue weighted by molar-refractivity contribution is 8.24. The van der Waals surface area contributed by atoms with Gasteiger partial charge in [-0.25, -0.2) is 0 Å². The van der Waals surface area contributed by atoms with Gasteiger partial charge in [-0.1, -0.05) is 12.2 Å². The molecular formula is C9H15NS2. The van der Waals surface area contributed by atoms with Crippen LogP contribution in [0.5, 0.6) is 0 Å². The van der Waals surface area contributed by atoms with E-state index in [-0.39, 0.29) is 4.75 Å². The fourth-order valence-corrected chi connectivity index (χ4v) is 3.02. The molecule has 0 saturated carbocycles.